The topological polar surface area (TPSA) is 26.3 Å². The van der Waals surface area contributed by atoms with Gasteiger partial charge in [0.1, 0.15) is 12.0 Å². The predicted octanol–water partition coefficient (Wildman–Crippen LogP) is 1.79. The first-order valence-corrected chi connectivity index (χ1v) is 4.42. The molecule has 68 valence electrons. The molecule has 1 aliphatic heterocycles. The maximum absolute atomic E-state index is 11.1. The molecule has 1 fully saturated rings. The second kappa shape index (κ2) is 2.87. The number of cyclic esters (lactones) is 1. The fraction of sp³-hybridized carbons (Fsp3) is 0.364. The zero-order valence-electron chi connectivity index (χ0n) is 7.62. The molecule has 1 aromatic rings. The van der Waals surface area contributed by atoms with Gasteiger partial charge in [-0.1, -0.05) is 30.3 Å². The SMILES string of the molecule is CC1(Cc2ccccc2)COC1=O. The molecular weight excluding hydrogens is 164 g/mol. The number of carbonyl (C=O) groups is 1. The van der Waals surface area contributed by atoms with Crippen LogP contribution in [0.5, 0.6) is 0 Å². The number of carbonyl (C=O) groups excluding carboxylic acids is 1. The van der Waals surface area contributed by atoms with Gasteiger partial charge in [-0.15, -0.1) is 0 Å². The summed E-state index contributed by atoms with van der Waals surface area (Å²) >= 11 is 0. The van der Waals surface area contributed by atoms with Crippen LogP contribution in [0.3, 0.4) is 0 Å². The molecule has 0 amide bonds. The van der Waals surface area contributed by atoms with Crippen LogP contribution in [0.4, 0.5) is 0 Å². The second-order valence-corrected chi connectivity index (χ2v) is 3.80. The molecule has 0 bridgehead atoms. The van der Waals surface area contributed by atoms with Gasteiger partial charge in [0, 0.05) is 0 Å². The first-order chi connectivity index (χ1) is 6.21. The Morgan fingerprint density at radius 2 is 2.08 bits per heavy atom. The van der Waals surface area contributed by atoms with Crippen molar-refractivity contribution in [2.75, 3.05) is 6.61 Å². The molecule has 2 nitrogen and oxygen atoms in total. The number of esters is 1. The highest BCUT2D eigenvalue weighted by Gasteiger charge is 2.44. The Balaban J connectivity index is 2.11. The number of hydrogen-bond acceptors (Lipinski definition) is 2. The van der Waals surface area contributed by atoms with Gasteiger partial charge in [-0.3, -0.25) is 4.79 Å². The van der Waals surface area contributed by atoms with Crippen LogP contribution in [-0.2, 0) is 16.0 Å². The van der Waals surface area contributed by atoms with E-state index in [1.165, 1.54) is 5.56 Å². The van der Waals surface area contributed by atoms with Crippen molar-refractivity contribution >= 4 is 5.97 Å². The Kier molecular flexibility index (Phi) is 1.83. The minimum atomic E-state index is -0.276. The van der Waals surface area contributed by atoms with E-state index in [0.717, 1.165) is 6.42 Å². The summed E-state index contributed by atoms with van der Waals surface area (Å²) in [5, 5.41) is 0. The number of rotatable bonds is 2. The molecule has 0 aromatic heterocycles. The zero-order valence-corrected chi connectivity index (χ0v) is 7.62. The Bertz CT molecular complexity index is 318. The van der Waals surface area contributed by atoms with Crippen LogP contribution in [0.1, 0.15) is 12.5 Å². The lowest BCUT2D eigenvalue weighted by Crippen LogP contribution is -2.47. The van der Waals surface area contributed by atoms with E-state index >= 15 is 0 Å². The molecule has 1 unspecified atom stereocenters. The van der Waals surface area contributed by atoms with Gasteiger partial charge in [-0.05, 0) is 18.9 Å². The third-order valence-corrected chi connectivity index (χ3v) is 2.45. The van der Waals surface area contributed by atoms with Gasteiger partial charge in [-0.25, -0.2) is 0 Å². The summed E-state index contributed by atoms with van der Waals surface area (Å²) in [6.45, 7) is 2.51. The fourth-order valence-corrected chi connectivity index (χ4v) is 1.55. The molecule has 1 heterocycles. The third-order valence-electron chi connectivity index (χ3n) is 2.45. The average molecular weight is 176 g/mol. The standard InChI is InChI=1S/C11H12O2/c1-11(8-13-10(11)12)7-9-5-3-2-4-6-9/h2-6H,7-8H2,1H3. The van der Waals surface area contributed by atoms with E-state index in [1.807, 2.05) is 37.3 Å². The van der Waals surface area contributed by atoms with E-state index in [1.54, 1.807) is 0 Å². The van der Waals surface area contributed by atoms with Crippen LogP contribution in [0.15, 0.2) is 30.3 Å². The van der Waals surface area contributed by atoms with Crippen LogP contribution >= 0.6 is 0 Å². The third kappa shape index (κ3) is 1.44. The number of benzene rings is 1. The van der Waals surface area contributed by atoms with E-state index in [4.69, 9.17) is 4.74 Å². The van der Waals surface area contributed by atoms with Crippen molar-refractivity contribution in [2.24, 2.45) is 5.41 Å². The quantitative estimate of drug-likeness (QED) is 0.642. The van der Waals surface area contributed by atoms with Crippen molar-refractivity contribution in [3.05, 3.63) is 35.9 Å². The summed E-state index contributed by atoms with van der Waals surface area (Å²) < 4.78 is 4.78. The van der Waals surface area contributed by atoms with Gasteiger partial charge >= 0.3 is 5.97 Å². The summed E-state index contributed by atoms with van der Waals surface area (Å²) in [5.74, 6) is -0.0728. The van der Waals surface area contributed by atoms with Gasteiger partial charge in [0.15, 0.2) is 0 Å². The fourth-order valence-electron chi connectivity index (χ4n) is 1.55. The molecule has 0 spiro atoms. The minimum Gasteiger partial charge on any atom is -0.464 e. The molecule has 0 N–H and O–H groups in total. The highest BCUT2D eigenvalue weighted by Crippen LogP contribution is 2.32. The van der Waals surface area contributed by atoms with Crippen molar-refractivity contribution < 1.29 is 9.53 Å². The summed E-state index contributed by atoms with van der Waals surface area (Å²) in [4.78, 5) is 11.1. The van der Waals surface area contributed by atoms with Crippen molar-refractivity contribution in [1.29, 1.82) is 0 Å². The Labute approximate surface area is 77.5 Å². The Hall–Kier alpha value is -1.31. The van der Waals surface area contributed by atoms with E-state index in [9.17, 15) is 4.79 Å². The smallest absolute Gasteiger partial charge is 0.315 e. The monoisotopic (exact) mass is 176 g/mol. The summed E-state index contributed by atoms with van der Waals surface area (Å²) in [5.41, 5.74) is 0.920. The molecule has 0 radical (unpaired) electrons. The average Bonchev–Trinajstić information content (AvgIpc) is 2.17. The Morgan fingerprint density at radius 3 is 2.54 bits per heavy atom. The van der Waals surface area contributed by atoms with Gasteiger partial charge < -0.3 is 4.74 Å². The highest BCUT2D eigenvalue weighted by molar-refractivity contribution is 5.81. The molecular formula is C11H12O2. The normalized spacial score (nSPS) is 26.4. The molecule has 2 rings (SSSR count). The minimum absolute atomic E-state index is 0.0728. The first kappa shape index (κ1) is 8.30. The van der Waals surface area contributed by atoms with Crippen LogP contribution in [0, 0.1) is 5.41 Å². The van der Waals surface area contributed by atoms with Crippen molar-refractivity contribution in [3.63, 3.8) is 0 Å². The highest BCUT2D eigenvalue weighted by atomic mass is 16.6. The lowest BCUT2D eigenvalue weighted by atomic mass is 9.81. The molecule has 13 heavy (non-hydrogen) atoms. The van der Waals surface area contributed by atoms with Crippen LogP contribution in [-0.4, -0.2) is 12.6 Å². The lowest BCUT2D eigenvalue weighted by Gasteiger charge is -2.35. The van der Waals surface area contributed by atoms with Crippen molar-refractivity contribution in [3.8, 4) is 0 Å². The Morgan fingerprint density at radius 1 is 1.38 bits per heavy atom. The summed E-state index contributed by atoms with van der Waals surface area (Å²) in [7, 11) is 0. The molecule has 0 saturated carbocycles. The maximum Gasteiger partial charge on any atom is 0.315 e. The van der Waals surface area contributed by atoms with Gasteiger partial charge in [-0.2, -0.15) is 0 Å². The van der Waals surface area contributed by atoms with Gasteiger partial charge in [0.05, 0.1) is 0 Å². The summed E-state index contributed by atoms with van der Waals surface area (Å²) in [6, 6.07) is 10.0. The van der Waals surface area contributed by atoms with Crippen molar-refractivity contribution in [1.82, 2.24) is 0 Å². The zero-order chi connectivity index (χ0) is 9.31. The van der Waals surface area contributed by atoms with E-state index in [0.29, 0.717) is 6.61 Å². The molecule has 0 aliphatic carbocycles. The first-order valence-electron chi connectivity index (χ1n) is 4.42. The van der Waals surface area contributed by atoms with Crippen LogP contribution in [0.2, 0.25) is 0 Å². The van der Waals surface area contributed by atoms with Crippen LogP contribution in [0.25, 0.3) is 0 Å². The molecule has 1 atom stereocenters. The van der Waals surface area contributed by atoms with Crippen LogP contribution < -0.4 is 0 Å². The largest absolute Gasteiger partial charge is 0.464 e. The number of ether oxygens (including phenoxy) is 1. The molecule has 1 aliphatic rings. The van der Waals surface area contributed by atoms with E-state index in [-0.39, 0.29) is 11.4 Å². The lowest BCUT2D eigenvalue weighted by molar-refractivity contribution is -0.182. The van der Waals surface area contributed by atoms with Gasteiger partial charge in [0.25, 0.3) is 0 Å². The van der Waals surface area contributed by atoms with Gasteiger partial charge in [0.2, 0.25) is 0 Å². The van der Waals surface area contributed by atoms with E-state index in [2.05, 4.69) is 0 Å². The molecule has 1 aromatic carbocycles. The van der Waals surface area contributed by atoms with E-state index < -0.39 is 0 Å². The second-order valence-electron chi connectivity index (χ2n) is 3.80. The number of hydrogen-bond donors (Lipinski definition) is 0. The van der Waals surface area contributed by atoms with Crippen molar-refractivity contribution in [2.45, 2.75) is 13.3 Å². The molecule has 1 saturated heterocycles. The predicted molar refractivity (Wildman–Crippen MR) is 49.2 cm³/mol. The summed E-state index contributed by atoms with van der Waals surface area (Å²) in [6.07, 6.45) is 0.784. The molecule has 2 heteroatoms. The maximum atomic E-state index is 11.1.